The van der Waals surface area contributed by atoms with E-state index in [0.29, 0.717) is 0 Å². The van der Waals surface area contributed by atoms with Gasteiger partial charge in [-0.3, -0.25) is 0 Å². The van der Waals surface area contributed by atoms with E-state index in [1.54, 1.807) is 6.20 Å². The summed E-state index contributed by atoms with van der Waals surface area (Å²) in [5.74, 6) is 1.16. The van der Waals surface area contributed by atoms with Crippen LogP contribution >= 0.6 is 0 Å². The zero-order valence-corrected chi connectivity index (χ0v) is 11.0. The van der Waals surface area contributed by atoms with Gasteiger partial charge in [-0.15, -0.1) is 0 Å². The van der Waals surface area contributed by atoms with Crippen molar-refractivity contribution < 1.29 is 10.2 Å². The molecular formula is C14H21N3O2. The standard InChI is InChI=1S/C14H21N3O2/c18-10-11-1-4-16-13(7-11)17-6-3-14(19)2-5-15-8-12(14)9-17/h1,4,7,12,15,18-19H,2-3,5-6,8-10H2/t12-,14-/m0/s1. The van der Waals surface area contributed by atoms with Gasteiger partial charge in [-0.1, -0.05) is 0 Å². The monoisotopic (exact) mass is 263 g/mol. The number of aliphatic hydroxyl groups excluding tert-OH is 1. The number of rotatable bonds is 2. The van der Waals surface area contributed by atoms with Gasteiger partial charge in [-0.2, -0.15) is 0 Å². The molecule has 0 spiro atoms. The van der Waals surface area contributed by atoms with E-state index < -0.39 is 5.60 Å². The molecule has 2 saturated heterocycles. The summed E-state index contributed by atoms with van der Waals surface area (Å²) in [6.07, 6.45) is 3.38. The second-order valence-electron chi connectivity index (χ2n) is 5.63. The van der Waals surface area contributed by atoms with Gasteiger partial charge in [-0.05, 0) is 37.1 Å². The van der Waals surface area contributed by atoms with Crippen LogP contribution in [0.2, 0.25) is 0 Å². The van der Waals surface area contributed by atoms with Crippen molar-refractivity contribution in [2.24, 2.45) is 5.92 Å². The van der Waals surface area contributed by atoms with Crippen LogP contribution in [0.1, 0.15) is 18.4 Å². The van der Waals surface area contributed by atoms with Crippen LogP contribution in [0.15, 0.2) is 18.3 Å². The summed E-state index contributed by atoms with van der Waals surface area (Å²) in [5.41, 5.74) is 0.378. The lowest BCUT2D eigenvalue weighted by molar-refractivity contribution is -0.0539. The molecule has 5 nitrogen and oxygen atoms in total. The molecule has 0 aliphatic carbocycles. The quantitative estimate of drug-likeness (QED) is 0.707. The lowest BCUT2D eigenvalue weighted by Crippen LogP contribution is -2.59. The van der Waals surface area contributed by atoms with Gasteiger partial charge in [0.2, 0.25) is 0 Å². The van der Waals surface area contributed by atoms with Crippen LogP contribution in [0.5, 0.6) is 0 Å². The third kappa shape index (κ3) is 2.45. The Balaban J connectivity index is 1.76. The highest BCUT2D eigenvalue weighted by Gasteiger charge is 2.43. The van der Waals surface area contributed by atoms with Crippen molar-refractivity contribution in [1.82, 2.24) is 10.3 Å². The van der Waals surface area contributed by atoms with E-state index >= 15 is 0 Å². The summed E-state index contributed by atoms with van der Waals surface area (Å²) >= 11 is 0. The number of piperidine rings is 2. The highest BCUT2D eigenvalue weighted by Crippen LogP contribution is 2.34. The molecular weight excluding hydrogens is 242 g/mol. The predicted octanol–water partition coefficient (Wildman–Crippen LogP) is 0.125. The number of pyridine rings is 1. The van der Waals surface area contributed by atoms with Gasteiger partial charge in [0.15, 0.2) is 0 Å². The fourth-order valence-electron chi connectivity index (χ4n) is 3.16. The normalized spacial score (nSPS) is 31.1. The fourth-order valence-corrected chi connectivity index (χ4v) is 3.16. The summed E-state index contributed by atoms with van der Waals surface area (Å²) < 4.78 is 0. The Morgan fingerprint density at radius 2 is 2.37 bits per heavy atom. The summed E-state index contributed by atoms with van der Waals surface area (Å²) in [6.45, 7) is 3.47. The van der Waals surface area contributed by atoms with Gasteiger partial charge in [0, 0.05) is 31.7 Å². The molecule has 0 aromatic carbocycles. The molecule has 0 unspecified atom stereocenters. The minimum Gasteiger partial charge on any atom is -0.392 e. The lowest BCUT2D eigenvalue weighted by Gasteiger charge is -2.47. The number of nitrogens with one attached hydrogen (secondary N) is 1. The average Bonchev–Trinajstić information content (AvgIpc) is 2.46. The number of hydrogen-bond donors (Lipinski definition) is 3. The zero-order chi connectivity index (χ0) is 13.3. The molecule has 2 aliphatic heterocycles. The lowest BCUT2D eigenvalue weighted by atomic mass is 9.76. The van der Waals surface area contributed by atoms with E-state index in [9.17, 15) is 10.2 Å². The van der Waals surface area contributed by atoms with Crippen molar-refractivity contribution in [3.05, 3.63) is 23.9 Å². The van der Waals surface area contributed by atoms with E-state index in [4.69, 9.17) is 0 Å². The topological polar surface area (TPSA) is 68.6 Å². The van der Waals surface area contributed by atoms with Crippen molar-refractivity contribution in [2.75, 3.05) is 31.1 Å². The summed E-state index contributed by atoms with van der Waals surface area (Å²) in [4.78, 5) is 6.60. The number of aliphatic hydroxyl groups is 2. The smallest absolute Gasteiger partial charge is 0.128 e. The van der Waals surface area contributed by atoms with E-state index in [1.807, 2.05) is 12.1 Å². The Morgan fingerprint density at radius 3 is 3.21 bits per heavy atom. The highest BCUT2D eigenvalue weighted by molar-refractivity contribution is 5.42. The molecule has 0 bridgehead atoms. The minimum absolute atomic E-state index is 0.0400. The van der Waals surface area contributed by atoms with E-state index in [0.717, 1.165) is 50.4 Å². The maximum atomic E-state index is 10.6. The molecule has 3 N–H and O–H groups in total. The molecule has 104 valence electrons. The molecule has 3 rings (SSSR count). The Hall–Kier alpha value is -1.17. The number of anilines is 1. The van der Waals surface area contributed by atoms with Crippen molar-refractivity contribution in [1.29, 1.82) is 0 Å². The van der Waals surface area contributed by atoms with Gasteiger partial charge in [0.05, 0.1) is 12.2 Å². The first kappa shape index (κ1) is 12.8. The minimum atomic E-state index is -0.504. The van der Waals surface area contributed by atoms with Crippen LogP contribution in [0, 0.1) is 5.92 Å². The van der Waals surface area contributed by atoms with Crippen LogP contribution in [-0.4, -0.2) is 47.0 Å². The van der Waals surface area contributed by atoms with E-state index in [1.165, 1.54) is 0 Å². The molecule has 1 aromatic heterocycles. The molecule has 0 radical (unpaired) electrons. The second-order valence-corrected chi connectivity index (χ2v) is 5.63. The number of fused-ring (bicyclic) bond motifs is 1. The van der Waals surface area contributed by atoms with Gasteiger partial charge in [-0.25, -0.2) is 4.98 Å². The van der Waals surface area contributed by atoms with Crippen LogP contribution in [0.4, 0.5) is 5.82 Å². The Kier molecular flexibility index (Phi) is 3.43. The van der Waals surface area contributed by atoms with Gasteiger partial charge in [0.25, 0.3) is 0 Å². The number of nitrogens with zero attached hydrogens (tertiary/aromatic N) is 2. The van der Waals surface area contributed by atoms with Crippen molar-refractivity contribution in [2.45, 2.75) is 25.0 Å². The van der Waals surface area contributed by atoms with Crippen molar-refractivity contribution in [3.63, 3.8) is 0 Å². The Morgan fingerprint density at radius 1 is 1.47 bits per heavy atom. The summed E-state index contributed by atoms with van der Waals surface area (Å²) in [6, 6.07) is 3.76. The number of aromatic nitrogens is 1. The first-order valence-electron chi connectivity index (χ1n) is 6.95. The SMILES string of the molecule is OCc1ccnc(N2CC[C@@]3(O)CCNC[C@H]3C2)c1. The van der Waals surface area contributed by atoms with Gasteiger partial charge < -0.3 is 20.4 Å². The first-order chi connectivity index (χ1) is 9.21. The van der Waals surface area contributed by atoms with Gasteiger partial charge >= 0.3 is 0 Å². The maximum absolute atomic E-state index is 10.6. The molecule has 19 heavy (non-hydrogen) atoms. The molecule has 2 fully saturated rings. The van der Waals surface area contributed by atoms with Crippen LogP contribution < -0.4 is 10.2 Å². The fraction of sp³-hybridized carbons (Fsp3) is 0.643. The first-order valence-corrected chi connectivity index (χ1v) is 6.95. The third-order valence-corrected chi connectivity index (χ3v) is 4.46. The molecule has 2 atom stereocenters. The zero-order valence-electron chi connectivity index (χ0n) is 11.0. The highest BCUT2D eigenvalue weighted by atomic mass is 16.3. The van der Waals surface area contributed by atoms with Crippen LogP contribution in [0.3, 0.4) is 0 Å². The average molecular weight is 263 g/mol. The summed E-state index contributed by atoms with van der Waals surface area (Å²) in [5, 5.41) is 23.2. The van der Waals surface area contributed by atoms with E-state index in [2.05, 4.69) is 15.2 Å². The Bertz CT molecular complexity index is 454. The third-order valence-electron chi connectivity index (χ3n) is 4.46. The van der Waals surface area contributed by atoms with Gasteiger partial charge in [0.1, 0.15) is 5.82 Å². The molecule has 5 heteroatoms. The maximum Gasteiger partial charge on any atom is 0.128 e. The molecule has 0 amide bonds. The molecule has 1 aromatic rings. The second kappa shape index (κ2) is 5.07. The van der Waals surface area contributed by atoms with Crippen LogP contribution in [-0.2, 0) is 6.61 Å². The summed E-state index contributed by atoms with van der Waals surface area (Å²) in [7, 11) is 0. The molecule has 2 aliphatic rings. The Labute approximate surface area is 113 Å². The van der Waals surface area contributed by atoms with Crippen LogP contribution in [0.25, 0.3) is 0 Å². The van der Waals surface area contributed by atoms with E-state index in [-0.39, 0.29) is 12.5 Å². The largest absolute Gasteiger partial charge is 0.392 e. The van der Waals surface area contributed by atoms with Crippen molar-refractivity contribution in [3.8, 4) is 0 Å². The number of hydrogen-bond acceptors (Lipinski definition) is 5. The molecule has 3 heterocycles. The molecule has 0 saturated carbocycles. The predicted molar refractivity (Wildman–Crippen MR) is 72.9 cm³/mol. The van der Waals surface area contributed by atoms with Crippen molar-refractivity contribution >= 4 is 5.82 Å².